The van der Waals surface area contributed by atoms with Crippen LogP contribution in [0.4, 0.5) is 13.2 Å². The molecule has 1 aromatic carbocycles. The van der Waals surface area contributed by atoms with Crippen LogP contribution in [0.1, 0.15) is 12.0 Å². The lowest BCUT2D eigenvalue weighted by molar-refractivity contribution is -0.136. The Hall–Kier alpha value is -1.76. The van der Waals surface area contributed by atoms with Crippen molar-refractivity contribution in [2.24, 2.45) is 0 Å². The molecule has 2 rings (SSSR count). The van der Waals surface area contributed by atoms with Gasteiger partial charge < -0.3 is 9.72 Å². The second-order valence-electron chi connectivity index (χ2n) is 4.13. The normalized spacial score (nSPS) is 12.2. The highest BCUT2D eigenvalue weighted by atomic mass is 19.4. The number of aryl methyl sites for hydroxylation is 1. The fraction of sp³-hybridized carbons (Fsp3) is 0.417. The molecule has 0 bridgehead atoms. The Bertz CT molecular complexity index is 628. The molecule has 7 heteroatoms. The second-order valence-corrected chi connectivity index (χ2v) is 4.13. The fourth-order valence-corrected chi connectivity index (χ4v) is 2.03. The summed E-state index contributed by atoms with van der Waals surface area (Å²) in [5.74, 6) is 0. The third kappa shape index (κ3) is 2.65. The van der Waals surface area contributed by atoms with Crippen LogP contribution in [0.3, 0.4) is 0 Å². The molecular weight excluding hydrogens is 261 g/mol. The molecule has 0 saturated carbocycles. The van der Waals surface area contributed by atoms with Gasteiger partial charge in [0.25, 0.3) is 0 Å². The van der Waals surface area contributed by atoms with Crippen LogP contribution < -0.4 is 5.69 Å². The van der Waals surface area contributed by atoms with Crippen molar-refractivity contribution in [3.8, 4) is 0 Å². The highest BCUT2D eigenvalue weighted by Crippen LogP contribution is 2.33. The number of H-pyrrole nitrogens is 1. The Morgan fingerprint density at radius 3 is 2.74 bits per heavy atom. The molecule has 1 heterocycles. The van der Waals surface area contributed by atoms with Crippen molar-refractivity contribution in [1.82, 2.24) is 9.55 Å². The third-order valence-corrected chi connectivity index (χ3v) is 2.83. The van der Waals surface area contributed by atoms with Crippen LogP contribution in [0, 0.1) is 0 Å². The summed E-state index contributed by atoms with van der Waals surface area (Å²) in [4.78, 5) is 14.1. The van der Waals surface area contributed by atoms with E-state index in [2.05, 4.69) is 4.98 Å². The lowest BCUT2D eigenvalue weighted by Gasteiger charge is -2.10. The van der Waals surface area contributed by atoms with Gasteiger partial charge >= 0.3 is 11.9 Å². The number of aromatic nitrogens is 2. The predicted molar refractivity (Wildman–Crippen MR) is 64.1 cm³/mol. The van der Waals surface area contributed by atoms with E-state index in [0.717, 1.165) is 10.6 Å². The van der Waals surface area contributed by atoms with Gasteiger partial charge in [0.2, 0.25) is 0 Å². The average molecular weight is 274 g/mol. The number of hydrogen-bond donors (Lipinski definition) is 1. The molecule has 0 spiro atoms. The Labute approximate surface area is 106 Å². The largest absolute Gasteiger partial charge is 0.418 e. The molecule has 104 valence electrons. The number of imidazole rings is 1. The first-order valence-corrected chi connectivity index (χ1v) is 5.73. The van der Waals surface area contributed by atoms with E-state index in [1.807, 2.05) is 0 Å². The Morgan fingerprint density at radius 1 is 1.37 bits per heavy atom. The summed E-state index contributed by atoms with van der Waals surface area (Å²) in [5.41, 5.74) is -1.25. The van der Waals surface area contributed by atoms with E-state index in [4.69, 9.17) is 4.74 Å². The zero-order valence-corrected chi connectivity index (χ0v) is 10.3. The van der Waals surface area contributed by atoms with Gasteiger partial charge in [-0.05, 0) is 18.6 Å². The van der Waals surface area contributed by atoms with Crippen LogP contribution >= 0.6 is 0 Å². The maximum absolute atomic E-state index is 12.9. The van der Waals surface area contributed by atoms with Crippen LogP contribution in [0.2, 0.25) is 0 Å². The van der Waals surface area contributed by atoms with Gasteiger partial charge in [-0.15, -0.1) is 0 Å². The molecule has 0 saturated heterocycles. The molecule has 1 aromatic heterocycles. The Kier molecular flexibility index (Phi) is 3.66. The van der Waals surface area contributed by atoms with Crippen LogP contribution in [0.25, 0.3) is 11.0 Å². The van der Waals surface area contributed by atoms with E-state index < -0.39 is 17.4 Å². The minimum absolute atomic E-state index is 0.101. The molecule has 0 unspecified atom stereocenters. The van der Waals surface area contributed by atoms with E-state index in [-0.39, 0.29) is 17.6 Å². The molecule has 2 aromatic rings. The third-order valence-electron chi connectivity index (χ3n) is 2.83. The number of para-hydroxylation sites is 1. The zero-order valence-electron chi connectivity index (χ0n) is 10.3. The molecule has 1 N–H and O–H groups in total. The van der Waals surface area contributed by atoms with Gasteiger partial charge in [0, 0.05) is 20.3 Å². The Balaban J connectivity index is 2.56. The van der Waals surface area contributed by atoms with E-state index in [1.165, 1.54) is 19.2 Å². The van der Waals surface area contributed by atoms with Crippen molar-refractivity contribution in [2.45, 2.75) is 19.1 Å². The monoisotopic (exact) mass is 274 g/mol. The first-order valence-electron chi connectivity index (χ1n) is 5.73. The minimum atomic E-state index is -4.49. The lowest BCUT2D eigenvalue weighted by Crippen LogP contribution is -2.19. The molecule has 0 radical (unpaired) electrons. The molecule has 0 aliphatic rings. The highest BCUT2D eigenvalue weighted by Gasteiger charge is 2.34. The van der Waals surface area contributed by atoms with E-state index in [1.54, 1.807) is 0 Å². The number of aromatic amines is 1. The quantitative estimate of drug-likeness (QED) is 0.870. The summed E-state index contributed by atoms with van der Waals surface area (Å²) in [5, 5.41) is 0. The number of alkyl halides is 3. The van der Waals surface area contributed by atoms with Gasteiger partial charge in [-0.2, -0.15) is 13.2 Å². The van der Waals surface area contributed by atoms with Gasteiger partial charge in [0.1, 0.15) is 0 Å². The van der Waals surface area contributed by atoms with E-state index in [9.17, 15) is 18.0 Å². The summed E-state index contributed by atoms with van der Waals surface area (Å²) in [6, 6.07) is 3.71. The molecule has 4 nitrogen and oxygen atoms in total. The van der Waals surface area contributed by atoms with E-state index in [0.29, 0.717) is 13.0 Å². The summed E-state index contributed by atoms with van der Waals surface area (Å²) in [6.45, 7) is 0.563. The van der Waals surface area contributed by atoms with Crippen molar-refractivity contribution in [2.75, 3.05) is 13.7 Å². The topological polar surface area (TPSA) is 47.0 Å². The predicted octanol–water partition coefficient (Wildman–Crippen LogP) is 2.38. The minimum Gasteiger partial charge on any atom is -0.385 e. The van der Waals surface area contributed by atoms with Gasteiger partial charge in [0.05, 0.1) is 16.6 Å². The molecule has 0 aliphatic carbocycles. The van der Waals surface area contributed by atoms with Crippen LogP contribution in [0.15, 0.2) is 23.0 Å². The number of benzene rings is 1. The number of ether oxygens (including phenoxy) is 1. The van der Waals surface area contributed by atoms with E-state index >= 15 is 0 Å². The fourth-order valence-electron chi connectivity index (χ4n) is 2.03. The maximum atomic E-state index is 12.9. The molecule has 0 atom stereocenters. The average Bonchev–Trinajstić information content (AvgIpc) is 2.64. The number of halogens is 3. The number of hydrogen-bond acceptors (Lipinski definition) is 2. The van der Waals surface area contributed by atoms with Crippen molar-refractivity contribution in [3.05, 3.63) is 34.2 Å². The van der Waals surface area contributed by atoms with Crippen LogP contribution in [0.5, 0.6) is 0 Å². The highest BCUT2D eigenvalue weighted by molar-refractivity contribution is 5.79. The number of methoxy groups -OCH3 is 1. The first kappa shape index (κ1) is 13.7. The zero-order chi connectivity index (χ0) is 14.0. The number of rotatable bonds is 4. The number of nitrogens with zero attached hydrogens (tertiary/aromatic N) is 1. The molecule has 0 amide bonds. The number of nitrogens with one attached hydrogen (secondary N) is 1. The summed E-state index contributed by atoms with van der Waals surface area (Å²) in [7, 11) is 1.50. The van der Waals surface area contributed by atoms with Crippen LogP contribution in [-0.4, -0.2) is 23.3 Å². The smallest absolute Gasteiger partial charge is 0.385 e. The summed E-state index contributed by atoms with van der Waals surface area (Å²) < 4.78 is 44.8. The van der Waals surface area contributed by atoms with Gasteiger partial charge in [-0.25, -0.2) is 4.79 Å². The Morgan fingerprint density at radius 2 is 2.11 bits per heavy atom. The number of fused-ring (bicyclic) bond motifs is 1. The first-order chi connectivity index (χ1) is 8.95. The lowest BCUT2D eigenvalue weighted by atomic mass is 10.1. The summed E-state index contributed by atoms with van der Waals surface area (Å²) in [6.07, 6.45) is -4.02. The molecule has 0 aliphatic heterocycles. The molecular formula is C12H13F3N2O2. The van der Waals surface area contributed by atoms with Gasteiger partial charge in [-0.3, -0.25) is 4.57 Å². The maximum Gasteiger partial charge on any atom is 0.418 e. The van der Waals surface area contributed by atoms with Crippen LogP contribution in [-0.2, 0) is 17.5 Å². The van der Waals surface area contributed by atoms with Crippen molar-refractivity contribution >= 4 is 11.0 Å². The van der Waals surface area contributed by atoms with Gasteiger partial charge in [0.15, 0.2) is 0 Å². The van der Waals surface area contributed by atoms with Crippen molar-refractivity contribution in [1.29, 1.82) is 0 Å². The standard InChI is InChI=1S/C12H13F3N2O2/c1-19-7-3-6-17-10-8(12(13,14)15)4-2-5-9(10)16-11(17)18/h2,4-5H,3,6-7H2,1H3,(H,16,18). The van der Waals surface area contributed by atoms with Crippen molar-refractivity contribution in [3.63, 3.8) is 0 Å². The SMILES string of the molecule is COCCCn1c(=O)[nH]c2cccc(C(F)(F)F)c21. The van der Waals surface area contributed by atoms with Gasteiger partial charge in [-0.1, -0.05) is 6.07 Å². The second kappa shape index (κ2) is 5.08. The molecule has 19 heavy (non-hydrogen) atoms. The summed E-state index contributed by atoms with van der Waals surface area (Å²) >= 11 is 0. The molecule has 0 fully saturated rings. The van der Waals surface area contributed by atoms with Crippen molar-refractivity contribution < 1.29 is 17.9 Å².